The maximum Gasteiger partial charge on any atom is 0.332 e. The molecular formula is C16H19NO4. The number of carboxylic acids is 1. The van der Waals surface area contributed by atoms with Gasteiger partial charge in [0.15, 0.2) is 6.10 Å². The summed E-state index contributed by atoms with van der Waals surface area (Å²) in [5, 5.41) is 8.98. The van der Waals surface area contributed by atoms with Crippen LogP contribution in [0.3, 0.4) is 0 Å². The Morgan fingerprint density at radius 3 is 2.67 bits per heavy atom. The zero-order valence-corrected chi connectivity index (χ0v) is 11.8. The van der Waals surface area contributed by atoms with Crippen LogP contribution in [0.4, 0.5) is 5.69 Å². The van der Waals surface area contributed by atoms with E-state index >= 15 is 0 Å². The average Bonchev–Trinajstić information content (AvgIpc) is 2.88. The highest BCUT2D eigenvalue weighted by Crippen LogP contribution is 2.29. The molecule has 0 spiro atoms. The number of amides is 1. The number of nitrogens with zero attached hydrogens (tertiary/aromatic N) is 1. The molecule has 0 aromatic heterocycles. The van der Waals surface area contributed by atoms with Crippen LogP contribution in [0.5, 0.6) is 0 Å². The van der Waals surface area contributed by atoms with Crippen LogP contribution >= 0.6 is 0 Å². The van der Waals surface area contributed by atoms with Gasteiger partial charge in [0.2, 0.25) is 0 Å². The van der Waals surface area contributed by atoms with E-state index in [-0.39, 0.29) is 5.91 Å². The van der Waals surface area contributed by atoms with Gasteiger partial charge in [0.05, 0.1) is 0 Å². The van der Waals surface area contributed by atoms with Gasteiger partial charge in [-0.3, -0.25) is 4.79 Å². The molecule has 1 saturated heterocycles. The van der Waals surface area contributed by atoms with Crippen LogP contribution < -0.4 is 4.90 Å². The summed E-state index contributed by atoms with van der Waals surface area (Å²) in [6.07, 6.45) is 2.40. The van der Waals surface area contributed by atoms with Crippen molar-refractivity contribution in [3.8, 4) is 0 Å². The van der Waals surface area contributed by atoms with E-state index in [9.17, 15) is 9.59 Å². The molecule has 0 saturated carbocycles. The summed E-state index contributed by atoms with van der Waals surface area (Å²) in [5.74, 6) is -1.09. The Morgan fingerprint density at radius 2 is 1.90 bits per heavy atom. The second-order valence-electron chi connectivity index (χ2n) is 5.60. The number of carboxylic acid groups (broad SMARTS) is 1. The summed E-state index contributed by atoms with van der Waals surface area (Å²) in [4.78, 5) is 25.4. The molecule has 21 heavy (non-hydrogen) atoms. The summed E-state index contributed by atoms with van der Waals surface area (Å²) in [6.45, 7) is 0.674. The van der Waals surface area contributed by atoms with Gasteiger partial charge in [0.25, 0.3) is 5.91 Å². The smallest absolute Gasteiger partial charge is 0.332 e. The largest absolute Gasteiger partial charge is 0.479 e. The van der Waals surface area contributed by atoms with Crippen molar-refractivity contribution in [3.05, 3.63) is 29.8 Å². The minimum Gasteiger partial charge on any atom is -0.479 e. The normalized spacial score (nSPS) is 25.2. The van der Waals surface area contributed by atoms with E-state index in [1.807, 2.05) is 18.2 Å². The molecule has 2 heterocycles. The Kier molecular flexibility index (Phi) is 3.92. The minimum atomic E-state index is -0.985. The van der Waals surface area contributed by atoms with Gasteiger partial charge in [-0.1, -0.05) is 18.2 Å². The third-order valence-electron chi connectivity index (χ3n) is 4.20. The number of anilines is 1. The predicted molar refractivity (Wildman–Crippen MR) is 77.3 cm³/mol. The number of carbonyl (C=O) groups is 2. The van der Waals surface area contributed by atoms with E-state index in [4.69, 9.17) is 9.84 Å². The molecule has 1 aromatic rings. The van der Waals surface area contributed by atoms with Crippen molar-refractivity contribution in [3.63, 3.8) is 0 Å². The topological polar surface area (TPSA) is 66.8 Å². The Bertz CT molecular complexity index is 557. The fraction of sp³-hybridized carbons (Fsp3) is 0.500. The van der Waals surface area contributed by atoms with E-state index in [2.05, 4.69) is 6.07 Å². The lowest BCUT2D eigenvalue weighted by Crippen LogP contribution is -2.40. The van der Waals surface area contributed by atoms with Crippen molar-refractivity contribution < 1.29 is 19.4 Å². The number of hydrogen-bond acceptors (Lipinski definition) is 3. The highest BCUT2D eigenvalue weighted by atomic mass is 16.5. The monoisotopic (exact) mass is 289 g/mol. The van der Waals surface area contributed by atoms with Crippen LogP contribution in [0.15, 0.2) is 24.3 Å². The molecule has 2 atom stereocenters. The number of rotatable bonds is 2. The summed E-state index contributed by atoms with van der Waals surface area (Å²) in [6, 6.07) is 7.93. The molecule has 2 aliphatic rings. The summed E-state index contributed by atoms with van der Waals surface area (Å²) in [5.41, 5.74) is 2.12. The van der Waals surface area contributed by atoms with Gasteiger partial charge in [0, 0.05) is 12.2 Å². The van der Waals surface area contributed by atoms with E-state index in [0.717, 1.165) is 24.9 Å². The van der Waals surface area contributed by atoms with Crippen LogP contribution in [0.25, 0.3) is 0 Å². The fourth-order valence-corrected chi connectivity index (χ4v) is 3.09. The highest BCUT2D eigenvalue weighted by molar-refractivity contribution is 5.97. The van der Waals surface area contributed by atoms with Crippen molar-refractivity contribution in [1.29, 1.82) is 0 Å². The maximum absolute atomic E-state index is 12.7. The third kappa shape index (κ3) is 2.78. The molecule has 0 radical (unpaired) electrons. The number of ether oxygens (including phenoxy) is 1. The Morgan fingerprint density at radius 1 is 1.14 bits per heavy atom. The Hall–Kier alpha value is -1.88. The lowest BCUT2D eigenvalue weighted by molar-refractivity contribution is -0.151. The first-order chi connectivity index (χ1) is 10.2. The molecule has 0 aliphatic carbocycles. The number of para-hydroxylation sites is 1. The zero-order valence-electron chi connectivity index (χ0n) is 11.8. The molecule has 3 rings (SSSR count). The van der Waals surface area contributed by atoms with Gasteiger partial charge >= 0.3 is 5.97 Å². The van der Waals surface area contributed by atoms with Gasteiger partial charge in [-0.25, -0.2) is 4.79 Å². The van der Waals surface area contributed by atoms with Gasteiger partial charge in [-0.2, -0.15) is 0 Å². The second kappa shape index (κ2) is 5.85. The van der Waals surface area contributed by atoms with Crippen molar-refractivity contribution in [2.45, 2.75) is 44.3 Å². The van der Waals surface area contributed by atoms with Crippen LogP contribution in [0.2, 0.25) is 0 Å². The van der Waals surface area contributed by atoms with E-state index in [0.29, 0.717) is 19.4 Å². The molecule has 1 amide bonds. The van der Waals surface area contributed by atoms with Crippen molar-refractivity contribution in [1.82, 2.24) is 0 Å². The van der Waals surface area contributed by atoms with Crippen molar-refractivity contribution in [2.75, 3.05) is 11.4 Å². The SMILES string of the molecule is O=C(O)[C@H]1CC[C@@H](C(=O)N2CCCCc3ccccc32)O1. The maximum atomic E-state index is 12.7. The molecular weight excluding hydrogens is 270 g/mol. The van der Waals surface area contributed by atoms with Gasteiger partial charge in [-0.15, -0.1) is 0 Å². The molecule has 2 aliphatic heterocycles. The molecule has 0 unspecified atom stereocenters. The first-order valence-corrected chi connectivity index (χ1v) is 7.44. The molecule has 112 valence electrons. The van der Waals surface area contributed by atoms with Crippen molar-refractivity contribution >= 4 is 17.6 Å². The predicted octanol–water partition coefficient (Wildman–Crippen LogP) is 1.99. The molecule has 5 heteroatoms. The first-order valence-electron chi connectivity index (χ1n) is 7.44. The zero-order chi connectivity index (χ0) is 14.8. The van der Waals surface area contributed by atoms with Crippen LogP contribution in [-0.4, -0.2) is 35.7 Å². The molecule has 1 fully saturated rings. The molecule has 1 aromatic carbocycles. The molecule has 1 N–H and O–H groups in total. The Balaban J connectivity index is 1.80. The number of benzene rings is 1. The molecule has 0 bridgehead atoms. The van der Waals surface area contributed by atoms with Crippen LogP contribution in [0.1, 0.15) is 31.2 Å². The number of hydrogen-bond donors (Lipinski definition) is 1. The van der Waals surface area contributed by atoms with E-state index in [1.54, 1.807) is 4.90 Å². The molecule has 5 nitrogen and oxygen atoms in total. The fourth-order valence-electron chi connectivity index (χ4n) is 3.09. The van der Waals surface area contributed by atoms with Gasteiger partial charge in [-0.05, 0) is 43.7 Å². The summed E-state index contributed by atoms with van der Waals surface area (Å²) in [7, 11) is 0. The number of fused-ring (bicyclic) bond motifs is 1. The number of aliphatic carboxylic acids is 1. The van der Waals surface area contributed by atoms with Gasteiger partial charge in [0.1, 0.15) is 6.10 Å². The number of aryl methyl sites for hydroxylation is 1. The average molecular weight is 289 g/mol. The van der Waals surface area contributed by atoms with Crippen LogP contribution in [-0.2, 0) is 20.7 Å². The quantitative estimate of drug-likeness (QED) is 0.904. The second-order valence-corrected chi connectivity index (χ2v) is 5.60. The lowest BCUT2D eigenvalue weighted by atomic mass is 10.1. The summed E-state index contributed by atoms with van der Waals surface area (Å²) < 4.78 is 5.40. The lowest BCUT2D eigenvalue weighted by Gasteiger charge is -2.25. The van der Waals surface area contributed by atoms with E-state index < -0.39 is 18.2 Å². The first kappa shape index (κ1) is 14.1. The minimum absolute atomic E-state index is 0.104. The van der Waals surface area contributed by atoms with E-state index in [1.165, 1.54) is 5.56 Å². The number of carbonyl (C=O) groups excluding carboxylic acids is 1. The van der Waals surface area contributed by atoms with Crippen molar-refractivity contribution in [2.24, 2.45) is 0 Å². The van der Waals surface area contributed by atoms with Gasteiger partial charge < -0.3 is 14.7 Å². The Labute approximate surface area is 123 Å². The van der Waals surface area contributed by atoms with Crippen LogP contribution in [0, 0.1) is 0 Å². The third-order valence-corrected chi connectivity index (χ3v) is 4.20. The highest BCUT2D eigenvalue weighted by Gasteiger charge is 2.37. The standard InChI is InChI=1S/C16H19NO4/c18-15(13-8-9-14(21-13)16(19)20)17-10-4-3-6-11-5-1-2-7-12(11)17/h1-2,5,7,13-14H,3-4,6,8-10H2,(H,19,20)/t13-,14+/m0/s1. The summed E-state index contributed by atoms with van der Waals surface area (Å²) >= 11 is 0.